The van der Waals surface area contributed by atoms with Crippen molar-refractivity contribution in [3.8, 4) is 0 Å². The fourth-order valence-electron chi connectivity index (χ4n) is 1.62. The first-order valence-electron chi connectivity index (χ1n) is 4.55. The fraction of sp³-hybridized carbons (Fsp3) is 0.556. The summed E-state index contributed by atoms with van der Waals surface area (Å²) >= 11 is 0. The molecule has 13 heavy (non-hydrogen) atoms. The third-order valence-electron chi connectivity index (χ3n) is 2.27. The average molecular weight is 179 g/mol. The maximum absolute atomic E-state index is 9.45. The van der Waals surface area contributed by atoms with Crippen LogP contribution in [-0.2, 0) is 0 Å². The number of aliphatic hydroxyl groups excluding tert-OH is 1. The van der Waals surface area contributed by atoms with Crippen molar-refractivity contribution in [2.75, 3.05) is 18.0 Å². The van der Waals surface area contributed by atoms with Gasteiger partial charge in [0.1, 0.15) is 5.82 Å². The van der Waals surface area contributed by atoms with Crippen molar-refractivity contribution in [2.45, 2.75) is 18.9 Å². The Hall–Kier alpha value is -1.16. The lowest BCUT2D eigenvalue weighted by Crippen LogP contribution is -2.38. The monoisotopic (exact) mass is 179 g/mol. The van der Waals surface area contributed by atoms with Gasteiger partial charge in [-0.15, -0.1) is 0 Å². The highest BCUT2D eigenvalue weighted by Gasteiger charge is 2.18. The number of hydrogen-bond donors (Lipinski definition) is 1. The molecule has 1 saturated heterocycles. The summed E-state index contributed by atoms with van der Waals surface area (Å²) in [6, 6.07) is 0. The summed E-state index contributed by atoms with van der Waals surface area (Å²) in [6.07, 6.45) is 6.78. The summed E-state index contributed by atoms with van der Waals surface area (Å²) in [5.74, 6) is 0.862. The van der Waals surface area contributed by atoms with Gasteiger partial charge in [0.15, 0.2) is 0 Å². The molecule has 1 aromatic rings. The molecular formula is C9H13N3O. The van der Waals surface area contributed by atoms with E-state index in [0.717, 1.165) is 25.2 Å². The van der Waals surface area contributed by atoms with Crippen LogP contribution in [0.5, 0.6) is 0 Å². The summed E-state index contributed by atoms with van der Waals surface area (Å²) < 4.78 is 0. The lowest BCUT2D eigenvalue weighted by molar-refractivity contribution is 0.154. The summed E-state index contributed by atoms with van der Waals surface area (Å²) in [7, 11) is 0. The zero-order valence-corrected chi connectivity index (χ0v) is 7.43. The van der Waals surface area contributed by atoms with Crippen LogP contribution >= 0.6 is 0 Å². The minimum atomic E-state index is -0.212. The first-order valence-corrected chi connectivity index (χ1v) is 4.55. The van der Waals surface area contributed by atoms with Crippen LogP contribution in [0, 0.1) is 0 Å². The van der Waals surface area contributed by atoms with Gasteiger partial charge in [0.25, 0.3) is 0 Å². The fourth-order valence-corrected chi connectivity index (χ4v) is 1.62. The van der Waals surface area contributed by atoms with E-state index < -0.39 is 0 Å². The van der Waals surface area contributed by atoms with E-state index in [-0.39, 0.29) is 6.10 Å². The van der Waals surface area contributed by atoms with Crippen molar-refractivity contribution in [1.82, 2.24) is 9.97 Å². The van der Waals surface area contributed by atoms with Gasteiger partial charge in [-0.2, -0.15) is 0 Å². The Morgan fingerprint density at radius 2 is 2.38 bits per heavy atom. The van der Waals surface area contributed by atoms with Gasteiger partial charge in [-0.25, -0.2) is 4.98 Å². The van der Waals surface area contributed by atoms with Gasteiger partial charge >= 0.3 is 0 Å². The molecule has 2 rings (SSSR count). The quantitative estimate of drug-likeness (QED) is 0.679. The molecule has 0 bridgehead atoms. The molecule has 0 aromatic carbocycles. The molecule has 1 atom stereocenters. The number of piperidine rings is 1. The van der Waals surface area contributed by atoms with Crippen LogP contribution in [0.3, 0.4) is 0 Å². The SMILES string of the molecule is OC1CCCN(c2cnccn2)C1. The maximum Gasteiger partial charge on any atom is 0.147 e. The molecule has 0 amide bonds. The van der Waals surface area contributed by atoms with E-state index in [2.05, 4.69) is 14.9 Å². The average Bonchev–Trinajstić information content (AvgIpc) is 2.19. The number of rotatable bonds is 1. The second-order valence-electron chi connectivity index (χ2n) is 3.31. The predicted molar refractivity (Wildman–Crippen MR) is 49.5 cm³/mol. The van der Waals surface area contributed by atoms with Crippen LogP contribution in [0.4, 0.5) is 5.82 Å². The van der Waals surface area contributed by atoms with Crippen molar-refractivity contribution < 1.29 is 5.11 Å². The summed E-state index contributed by atoms with van der Waals surface area (Å²) in [6.45, 7) is 1.65. The highest BCUT2D eigenvalue weighted by atomic mass is 16.3. The molecule has 1 aliphatic heterocycles. The molecule has 1 unspecified atom stereocenters. The number of aliphatic hydroxyl groups is 1. The van der Waals surface area contributed by atoms with Gasteiger partial charge < -0.3 is 10.0 Å². The summed E-state index contributed by atoms with van der Waals surface area (Å²) in [5.41, 5.74) is 0. The van der Waals surface area contributed by atoms with Crippen LogP contribution in [0.25, 0.3) is 0 Å². The van der Waals surface area contributed by atoms with Gasteiger partial charge in [-0.05, 0) is 12.8 Å². The lowest BCUT2D eigenvalue weighted by Gasteiger charge is -2.30. The molecule has 70 valence electrons. The van der Waals surface area contributed by atoms with Crippen LogP contribution < -0.4 is 4.90 Å². The maximum atomic E-state index is 9.45. The van der Waals surface area contributed by atoms with E-state index >= 15 is 0 Å². The molecule has 1 aromatic heterocycles. The van der Waals surface area contributed by atoms with Gasteiger partial charge in [0, 0.05) is 25.5 Å². The van der Waals surface area contributed by atoms with Crippen LogP contribution in [-0.4, -0.2) is 34.3 Å². The van der Waals surface area contributed by atoms with Crippen LogP contribution in [0.15, 0.2) is 18.6 Å². The Kier molecular flexibility index (Phi) is 2.40. The Balaban J connectivity index is 2.08. The third kappa shape index (κ3) is 1.95. The molecule has 0 saturated carbocycles. The Morgan fingerprint density at radius 3 is 3.08 bits per heavy atom. The van der Waals surface area contributed by atoms with Gasteiger partial charge in [-0.1, -0.05) is 0 Å². The number of hydrogen-bond acceptors (Lipinski definition) is 4. The van der Waals surface area contributed by atoms with E-state index in [0.29, 0.717) is 6.54 Å². The lowest BCUT2D eigenvalue weighted by atomic mass is 10.1. The second kappa shape index (κ2) is 3.70. The molecular weight excluding hydrogens is 166 g/mol. The largest absolute Gasteiger partial charge is 0.391 e. The molecule has 1 N–H and O–H groups in total. The Bertz CT molecular complexity index is 265. The van der Waals surface area contributed by atoms with Gasteiger partial charge in [0.05, 0.1) is 12.3 Å². The van der Waals surface area contributed by atoms with Crippen molar-refractivity contribution in [3.63, 3.8) is 0 Å². The zero-order chi connectivity index (χ0) is 9.10. The zero-order valence-electron chi connectivity index (χ0n) is 7.43. The molecule has 4 nitrogen and oxygen atoms in total. The predicted octanol–water partition coefficient (Wildman–Crippen LogP) is 0.438. The normalized spacial score (nSPS) is 23.2. The molecule has 2 heterocycles. The van der Waals surface area contributed by atoms with E-state index in [1.165, 1.54) is 0 Å². The van der Waals surface area contributed by atoms with Crippen LogP contribution in [0.1, 0.15) is 12.8 Å². The minimum Gasteiger partial charge on any atom is -0.391 e. The number of anilines is 1. The molecule has 1 fully saturated rings. The Morgan fingerprint density at radius 1 is 1.46 bits per heavy atom. The van der Waals surface area contributed by atoms with E-state index in [1.807, 2.05) is 0 Å². The highest BCUT2D eigenvalue weighted by Crippen LogP contribution is 2.15. The molecule has 0 radical (unpaired) electrons. The molecule has 0 spiro atoms. The van der Waals surface area contributed by atoms with Gasteiger partial charge in [0.2, 0.25) is 0 Å². The second-order valence-corrected chi connectivity index (χ2v) is 3.31. The van der Waals surface area contributed by atoms with Crippen LogP contribution in [0.2, 0.25) is 0 Å². The molecule has 4 heteroatoms. The standard InChI is InChI=1S/C9H13N3O/c13-8-2-1-5-12(7-8)9-6-10-3-4-11-9/h3-4,6,8,13H,1-2,5,7H2. The van der Waals surface area contributed by atoms with Crippen molar-refractivity contribution in [3.05, 3.63) is 18.6 Å². The first kappa shape index (κ1) is 8.44. The summed E-state index contributed by atoms with van der Waals surface area (Å²) in [4.78, 5) is 10.3. The van der Waals surface area contributed by atoms with E-state index in [9.17, 15) is 5.11 Å². The smallest absolute Gasteiger partial charge is 0.147 e. The first-order chi connectivity index (χ1) is 6.36. The topological polar surface area (TPSA) is 49.2 Å². The number of β-amino-alcohol motifs (C(OH)–C–C–N with tert-alkyl or cyclic N) is 1. The molecule has 0 aliphatic carbocycles. The van der Waals surface area contributed by atoms with Crippen molar-refractivity contribution >= 4 is 5.82 Å². The van der Waals surface area contributed by atoms with Crippen molar-refractivity contribution in [1.29, 1.82) is 0 Å². The summed E-state index contributed by atoms with van der Waals surface area (Å²) in [5, 5.41) is 9.45. The Labute approximate surface area is 77.2 Å². The third-order valence-corrected chi connectivity index (χ3v) is 2.27. The highest BCUT2D eigenvalue weighted by molar-refractivity contribution is 5.35. The molecule has 1 aliphatic rings. The van der Waals surface area contributed by atoms with E-state index in [1.54, 1.807) is 18.6 Å². The number of nitrogens with zero attached hydrogens (tertiary/aromatic N) is 3. The van der Waals surface area contributed by atoms with E-state index in [4.69, 9.17) is 0 Å². The minimum absolute atomic E-state index is 0.212. The van der Waals surface area contributed by atoms with Gasteiger partial charge in [-0.3, -0.25) is 4.98 Å². The number of aromatic nitrogens is 2. The van der Waals surface area contributed by atoms with Crippen molar-refractivity contribution in [2.24, 2.45) is 0 Å².